The number of benzene rings is 1. The Morgan fingerprint density at radius 3 is 2.53 bits per heavy atom. The topological polar surface area (TPSA) is 38.5 Å². The van der Waals surface area contributed by atoms with Crippen LogP contribution in [0.1, 0.15) is 25.5 Å². The average molecular weight is 303 g/mol. The highest BCUT2D eigenvalue weighted by atomic mass is 35.5. The molecule has 19 heavy (non-hydrogen) atoms. The maximum Gasteiger partial charge on any atom is 0.0678 e. The highest BCUT2D eigenvalue weighted by molar-refractivity contribution is 6.42. The summed E-state index contributed by atoms with van der Waals surface area (Å²) in [6.07, 6.45) is 0.409. The van der Waals surface area contributed by atoms with Crippen LogP contribution < -0.4 is 5.73 Å². The van der Waals surface area contributed by atoms with Crippen LogP contribution in [-0.2, 0) is 4.74 Å². The number of nitrogens with zero attached hydrogens (tertiary/aromatic N) is 1. The lowest BCUT2D eigenvalue weighted by molar-refractivity contribution is -0.0799. The first kappa shape index (κ1) is 15.1. The molecule has 0 saturated carbocycles. The highest BCUT2D eigenvalue weighted by Crippen LogP contribution is 2.33. The van der Waals surface area contributed by atoms with Gasteiger partial charge in [0.2, 0.25) is 0 Å². The van der Waals surface area contributed by atoms with E-state index in [2.05, 4.69) is 18.7 Å². The lowest BCUT2D eigenvalue weighted by Gasteiger charge is -2.40. The number of hydrogen-bond donors (Lipinski definition) is 1. The third-order valence-corrected chi connectivity index (χ3v) is 4.29. The average Bonchev–Trinajstić information content (AvgIpc) is 2.34. The standard InChI is InChI=1S/C14H20Cl2N2O/c1-9-7-18(8-10(2)19-9)13(6-17)11-4-3-5-12(15)14(11)16/h3-5,9-10,13H,6-8,17H2,1-2H3/t9-,10+,13-/m0/s1. The first-order valence-corrected chi connectivity index (χ1v) is 7.32. The van der Waals surface area contributed by atoms with E-state index < -0.39 is 0 Å². The molecule has 3 atom stereocenters. The zero-order valence-electron chi connectivity index (χ0n) is 11.3. The Bertz CT molecular complexity index is 431. The minimum absolute atomic E-state index is 0.0833. The molecule has 5 heteroatoms. The maximum atomic E-state index is 6.31. The van der Waals surface area contributed by atoms with Crippen LogP contribution in [0.4, 0.5) is 0 Å². The van der Waals surface area contributed by atoms with Crippen molar-refractivity contribution in [1.29, 1.82) is 0 Å². The highest BCUT2D eigenvalue weighted by Gasteiger charge is 2.29. The fraction of sp³-hybridized carbons (Fsp3) is 0.571. The van der Waals surface area contributed by atoms with E-state index in [1.54, 1.807) is 6.07 Å². The molecule has 1 saturated heterocycles. The first-order valence-electron chi connectivity index (χ1n) is 6.56. The number of nitrogens with two attached hydrogens (primary N) is 1. The number of morpholine rings is 1. The molecule has 0 bridgehead atoms. The Morgan fingerprint density at radius 1 is 1.32 bits per heavy atom. The summed E-state index contributed by atoms with van der Waals surface area (Å²) in [4.78, 5) is 2.33. The quantitative estimate of drug-likeness (QED) is 0.932. The molecular weight excluding hydrogens is 283 g/mol. The van der Waals surface area contributed by atoms with Gasteiger partial charge in [-0.25, -0.2) is 0 Å². The molecular formula is C14H20Cl2N2O. The number of ether oxygens (including phenoxy) is 1. The summed E-state index contributed by atoms with van der Waals surface area (Å²) in [5, 5.41) is 1.18. The zero-order chi connectivity index (χ0) is 14.0. The van der Waals surface area contributed by atoms with Crippen LogP contribution in [0, 0.1) is 0 Å². The minimum atomic E-state index is 0.0833. The molecule has 0 aliphatic carbocycles. The molecule has 2 N–H and O–H groups in total. The fourth-order valence-corrected chi connectivity index (χ4v) is 3.16. The molecule has 1 heterocycles. The molecule has 0 amide bonds. The van der Waals surface area contributed by atoms with Crippen molar-refractivity contribution in [2.24, 2.45) is 5.73 Å². The summed E-state index contributed by atoms with van der Waals surface area (Å²) in [7, 11) is 0. The van der Waals surface area contributed by atoms with E-state index in [9.17, 15) is 0 Å². The van der Waals surface area contributed by atoms with Crippen LogP contribution in [0.3, 0.4) is 0 Å². The minimum Gasteiger partial charge on any atom is -0.373 e. The van der Waals surface area contributed by atoms with E-state index in [4.69, 9.17) is 33.7 Å². The van der Waals surface area contributed by atoms with Crippen molar-refractivity contribution in [2.75, 3.05) is 19.6 Å². The predicted molar refractivity (Wildman–Crippen MR) is 79.8 cm³/mol. The summed E-state index contributed by atoms with van der Waals surface area (Å²) in [5.41, 5.74) is 6.96. The Kier molecular flexibility index (Phi) is 5.09. The van der Waals surface area contributed by atoms with Crippen molar-refractivity contribution in [3.05, 3.63) is 33.8 Å². The van der Waals surface area contributed by atoms with Crippen molar-refractivity contribution in [2.45, 2.75) is 32.1 Å². The Labute approximate surface area is 124 Å². The van der Waals surface area contributed by atoms with Crippen molar-refractivity contribution in [3.63, 3.8) is 0 Å². The molecule has 0 spiro atoms. The zero-order valence-corrected chi connectivity index (χ0v) is 12.8. The monoisotopic (exact) mass is 302 g/mol. The second-order valence-electron chi connectivity index (χ2n) is 5.11. The number of rotatable bonds is 3. The van der Waals surface area contributed by atoms with Gasteiger partial charge in [0.05, 0.1) is 22.3 Å². The van der Waals surface area contributed by atoms with Gasteiger partial charge in [0.1, 0.15) is 0 Å². The second-order valence-corrected chi connectivity index (χ2v) is 5.89. The van der Waals surface area contributed by atoms with Gasteiger partial charge in [-0.15, -0.1) is 0 Å². The van der Waals surface area contributed by atoms with Crippen molar-refractivity contribution in [3.8, 4) is 0 Å². The van der Waals surface area contributed by atoms with Crippen molar-refractivity contribution >= 4 is 23.2 Å². The van der Waals surface area contributed by atoms with Gasteiger partial charge in [-0.3, -0.25) is 4.90 Å². The van der Waals surface area contributed by atoms with Crippen LogP contribution in [0.5, 0.6) is 0 Å². The molecule has 1 aliphatic rings. The van der Waals surface area contributed by atoms with Gasteiger partial charge >= 0.3 is 0 Å². The summed E-state index contributed by atoms with van der Waals surface area (Å²) in [6, 6.07) is 5.79. The van der Waals surface area contributed by atoms with Crippen LogP contribution in [-0.4, -0.2) is 36.7 Å². The number of hydrogen-bond acceptors (Lipinski definition) is 3. The molecule has 0 radical (unpaired) electrons. The molecule has 3 nitrogen and oxygen atoms in total. The third-order valence-electron chi connectivity index (χ3n) is 3.45. The van der Waals surface area contributed by atoms with E-state index in [1.165, 1.54) is 0 Å². The molecule has 106 valence electrons. The van der Waals surface area contributed by atoms with Crippen LogP contribution >= 0.6 is 23.2 Å². The van der Waals surface area contributed by atoms with Gasteiger partial charge in [0.15, 0.2) is 0 Å². The van der Waals surface area contributed by atoms with Crippen molar-refractivity contribution < 1.29 is 4.74 Å². The van der Waals surface area contributed by atoms with Crippen molar-refractivity contribution in [1.82, 2.24) is 4.90 Å². The Morgan fingerprint density at radius 2 is 1.95 bits per heavy atom. The van der Waals surface area contributed by atoms with E-state index >= 15 is 0 Å². The fourth-order valence-electron chi connectivity index (χ4n) is 2.72. The van der Waals surface area contributed by atoms with E-state index in [0.29, 0.717) is 16.6 Å². The summed E-state index contributed by atoms with van der Waals surface area (Å²) in [5.74, 6) is 0. The lowest BCUT2D eigenvalue weighted by atomic mass is 10.0. The van der Waals surface area contributed by atoms with E-state index in [-0.39, 0.29) is 18.2 Å². The van der Waals surface area contributed by atoms with Crippen LogP contribution in [0.2, 0.25) is 10.0 Å². The molecule has 0 aromatic heterocycles. The first-order chi connectivity index (χ1) is 9.02. The largest absolute Gasteiger partial charge is 0.373 e. The molecule has 0 unspecified atom stereocenters. The molecule has 1 aromatic rings. The number of halogens is 2. The lowest BCUT2D eigenvalue weighted by Crippen LogP contribution is -2.48. The Hall–Kier alpha value is -0.320. The summed E-state index contributed by atoms with van der Waals surface area (Å²) >= 11 is 12.4. The van der Waals surface area contributed by atoms with Gasteiger partial charge < -0.3 is 10.5 Å². The molecule has 1 aromatic carbocycles. The smallest absolute Gasteiger partial charge is 0.0678 e. The van der Waals surface area contributed by atoms with Gasteiger partial charge in [-0.1, -0.05) is 35.3 Å². The normalized spacial score (nSPS) is 26.4. The summed E-state index contributed by atoms with van der Waals surface area (Å²) in [6.45, 7) is 6.38. The van der Waals surface area contributed by atoms with E-state index in [0.717, 1.165) is 18.7 Å². The Balaban J connectivity index is 2.26. The van der Waals surface area contributed by atoms with Crippen LogP contribution in [0.15, 0.2) is 18.2 Å². The molecule has 1 aliphatic heterocycles. The third kappa shape index (κ3) is 3.41. The predicted octanol–water partition coefficient (Wildman–Crippen LogP) is 3.10. The molecule has 2 rings (SSSR count). The van der Waals surface area contributed by atoms with Gasteiger partial charge in [0, 0.05) is 25.7 Å². The summed E-state index contributed by atoms with van der Waals surface area (Å²) < 4.78 is 5.76. The van der Waals surface area contributed by atoms with E-state index in [1.807, 2.05) is 12.1 Å². The van der Waals surface area contributed by atoms with Gasteiger partial charge in [0.25, 0.3) is 0 Å². The SMILES string of the molecule is C[C@@H]1CN([C@@H](CN)c2cccc(Cl)c2Cl)C[C@H](C)O1. The maximum absolute atomic E-state index is 6.31. The van der Waals surface area contributed by atoms with Gasteiger partial charge in [-0.05, 0) is 25.5 Å². The molecule has 1 fully saturated rings. The second kappa shape index (κ2) is 6.42. The van der Waals surface area contributed by atoms with Crippen LogP contribution in [0.25, 0.3) is 0 Å². The van der Waals surface area contributed by atoms with Gasteiger partial charge in [-0.2, -0.15) is 0 Å².